The van der Waals surface area contributed by atoms with E-state index >= 15 is 0 Å². The van der Waals surface area contributed by atoms with Crippen LogP contribution in [-0.4, -0.2) is 50.5 Å². The van der Waals surface area contributed by atoms with Gasteiger partial charge in [0.2, 0.25) is 0 Å². The van der Waals surface area contributed by atoms with Gasteiger partial charge in [0.25, 0.3) is 0 Å². The number of hydrogen-bond acceptors (Lipinski definition) is 4. The lowest BCUT2D eigenvalue weighted by atomic mass is 10.1. The third-order valence-corrected chi connectivity index (χ3v) is 5.48. The predicted molar refractivity (Wildman–Crippen MR) is 99.3 cm³/mol. The average molecular weight is 339 g/mol. The molecule has 0 spiro atoms. The van der Waals surface area contributed by atoms with Crippen LogP contribution in [0.5, 0.6) is 0 Å². The molecular weight excluding hydrogens is 310 g/mol. The Morgan fingerprint density at radius 3 is 2.60 bits per heavy atom. The third-order valence-electron chi connectivity index (χ3n) is 5.48. The van der Waals surface area contributed by atoms with Gasteiger partial charge in [0.15, 0.2) is 0 Å². The summed E-state index contributed by atoms with van der Waals surface area (Å²) in [5.41, 5.74) is 3.67. The second-order valence-corrected chi connectivity index (χ2v) is 7.45. The van der Waals surface area contributed by atoms with E-state index < -0.39 is 0 Å². The zero-order chi connectivity index (χ0) is 17.1. The van der Waals surface area contributed by atoms with Crippen LogP contribution in [0.2, 0.25) is 0 Å². The summed E-state index contributed by atoms with van der Waals surface area (Å²) in [7, 11) is 0. The molecule has 2 aromatic rings. The van der Waals surface area contributed by atoms with Gasteiger partial charge in [-0.2, -0.15) is 0 Å². The van der Waals surface area contributed by atoms with Crippen molar-refractivity contribution in [3.63, 3.8) is 0 Å². The number of fused-ring (bicyclic) bond motifs is 1. The molecule has 0 atom stereocenters. The van der Waals surface area contributed by atoms with Crippen LogP contribution in [0.3, 0.4) is 0 Å². The molecule has 0 saturated carbocycles. The second kappa shape index (κ2) is 7.67. The van der Waals surface area contributed by atoms with Crippen LogP contribution in [0.25, 0.3) is 0 Å². The lowest BCUT2D eigenvalue weighted by molar-refractivity contribution is 0.214. The van der Waals surface area contributed by atoms with E-state index in [0.29, 0.717) is 0 Å². The van der Waals surface area contributed by atoms with Gasteiger partial charge in [-0.15, -0.1) is 0 Å². The standard InChI is InChI=1S/C20H29N5/c1-17-6-5-7-18(22-17)15-24-11-8-20-21-14-19(25(20)13-12-24)16-23-9-3-2-4-10-23/h5-7,14H,2-4,8-13,15-16H2,1H3. The number of nitrogens with zero attached hydrogens (tertiary/aromatic N) is 5. The maximum absolute atomic E-state index is 4.73. The molecule has 5 heteroatoms. The molecule has 0 aromatic carbocycles. The summed E-state index contributed by atoms with van der Waals surface area (Å²) in [5, 5.41) is 0. The molecule has 25 heavy (non-hydrogen) atoms. The van der Waals surface area contributed by atoms with Crippen molar-refractivity contribution >= 4 is 0 Å². The Hall–Kier alpha value is -1.72. The molecule has 0 unspecified atom stereocenters. The fourth-order valence-electron chi connectivity index (χ4n) is 4.09. The molecule has 4 rings (SSSR count). The highest BCUT2D eigenvalue weighted by atomic mass is 15.2. The van der Waals surface area contributed by atoms with Gasteiger partial charge in [0.05, 0.1) is 11.4 Å². The molecule has 2 aliphatic rings. The van der Waals surface area contributed by atoms with Crippen LogP contribution < -0.4 is 0 Å². The van der Waals surface area contributed by atoms with Gasteiger partial charge in [-0.05, 0) is 45.0 Å². The minimum Gasteiger partial charge on any atom is -0.329 e. The van der Waals surface area contributed by atoms with Crippen molar-refractivity contribution in [2.45, 2.75) is 52.2 Å². The van der Waals surface area contributed by atoms with Crippen molar-refractivity contribution in [3.8, 4) is 0 Å². The number of aryl methyl sites for hydroxylation is 1. The van der Waals surface area contributed by atoms with Crippen molar-refractivity contribution in [3.05, 3.63) is 47.3 Å². The van der Waals surface area contributed by atoms with Crippen molar-refractivity contribution in [1.29, 1.82) is 0 Å². The molecular formula is C20H29N5. The number of aromatic nitrogens is 3. The van der Waals surface area contributed by atoms with Gasteiger partial charge >= 0.3 is 0 Å². The van der Waals surface area contributed by atoms with E-state index in [2.05, 4.69) is 50.7 Å². The van der Waals surface area contributed by atoms with Gasteiger partial charge in [-0.3, -0.25) is 14.8 Å². The summed E-state index contributed by atoms with van der Waals surface area (Å²) >= 11 is 0. The molecule has 0 aliphatic carbocycles. The lowest BCUT2D eigenvalue weighted by Gasteiger charge is -2.26. The summed E-state index contributed by atoms with van der Waals surface area (Å²) in [5.74, 6) is 1.26. The van der Waals surface area contributed by atoms with Gasteiger partial charge in [-0.1, -0.05) is 12.5 Å². The highest BCUT2D eigenvalue weighted by Gasteiger charge is 2.19. The molecule has 0 bridgehead atoms. The maximum atomic E-state index is 4.73. The Morgan fingerprint density at radius 2 is 1.76 bits per heavy atom. The van der Waals surface area contributed by atoms with E-state index in [0.717, 1.165) is 44.8 Å². The van der Waals surface area contributed by atoms with Gasteiger partial charge in [0.1, 0.15) is 5.82 Å². The maximum Gasteiger partial charge on any atom is 0.110 e. The number of imidazole rings is 1. The van der Waals surface area contributed by atoms with Crippen molar-refractivity contribution in [2.24, 2.45) is 0 Å². The summed E-state index contributed by atoms with van der Waals surface area (Å²) < 4.78 is 2.47. The van der Waals surface area contributed by atoms with Crippen LogP contribution >= 0.6 is 0 Å². The van der Waals surface area contributed by atoms with E-state index in [9.17, 15) is 0 Å². The average Bonchev–Trinajstić information content (AvgIpc) is 2.88. The summed E-state index contributed by atoms with van der Waals surface area (Å²) in [6.07, 6.45) is 7.23. The molecule has 5 nitrogen and oxygen atoms in total. The van der Waals surface area contributed by atoms with Crippen LogP contribution in [-0.2, 0) is 26.1 Å². The van der Waals surface area contributed by atoms with Gasteiger partial charge in [0, 0.05) is 51.0 Å². The monoisotopic (exact) mass is 339 g/mol. The Balaban J connectivity index is 1.40. The highest BCUT2D eigenvalue weighted by Crippen LogP contribution is 2.17. The Morgan fingerprint density at radius 1 is 0.920 bits per heavy atom. The molecule has 1 saturated heterocycles. The molecule has 4 heterocycles. The Labute approximate surface area is 150 Å². The van der Waals surface area contributed by atoms with E-state index in [-0.39, 0.29) is 0 Å². The second-order valence-electron chi connectivity index (χ2n) is 7.45. The number of rotatable bonds is 4. The van der Waals surface area contributed by atoms with Gasteiger partial charge < -0.3 is 4.57 Å². The minimum absolute atomic E-state index is 0.938. The fraction of sp³-hybridized carbons (Fsp3) is 0.600. The number of likely N-dealkylation sites (tertiary alicyclic amines) is 1. The molecule has 0 radical (unpaired) electrons. The molecule has 2 aromatic heterocycles. The topological polar surface area (TPSA) is 37.2 Å². The summed E-state index contributed by atoms with van der Waals surface area (Å²) in [6.45, 7) is 9.73. The number of piperidine rings is 1. The predicted octanol–water partition coefficient (Wildman–Crippen LogP) is 2.63. The summed E-state index contributed by atoms with van der Waals surface area (Å²) in [6, 6.07) is 6.31. The first-order chi connectivity index (χ1) is 12.3. The SMILES string of the molecule is Cc1cccc(CN2CCc3ncc(CN4CCCCC4)n3CC2)n1. The van der Waals surface area contributed by atoms with Crippen LogP contribution in [0.15, 0.2) is 24.4 Å². The van der Waals surface area contributed by atoms with Crippen molar-refractivity contribution < 1.29 is 0 Å². The molecule has 0 N–H and O–H groups in total. The first-order valence-electron chi connectivity index (χ1n) is 9.68. The van der Waals surface area contributed by atoms with E-state index in [1.54, 1.807) is 0 Å². The van der Waals surface area contributed by atoms with E-state index in [4.69, 9.17) is 4.98 Å². The molecule has 0 amide bonds. The van der Waals surface area contributed by atoms with E-state index in [1.165, 1.54) is 49.6 Å². The van der Waals surface area contributed by atoms with Crippen molar-refractivity contribution in [1.82, 2.24) is 24.3 Å². The largest absolute Gasteiger partial charge is 0.329 e. The van der Waals surface area contributed by atoms with Crippen LogP contribution in [0, 0.1) is 6.92 Å². The zero-order valence-electron chi connectivity index (χ0n) is 15.3. The quantitative estimate of drug-likeness (QED) is 0.858. The number of pyridine rings is 1. The van der Waals surface area contributed by atoms with E-state index in [1.807, 2.05) is 0 Å². The fourth-order valence-corrected chi connectivity index (χ4v) is 4.09. The first kappa shape index (κ1) is 16.7. The van der Waals surface area contributed by atoms with Gasteiger partial charge in [-0.25, -0.2) is 4.98 Å². The third kappa shape index (κ3) is 4.10. The summed E-state index contributed by atoms with van der Waals surface area (Å²) in [4.78, 5) is 14.5. The molecule has 2 aliphatic heterocycles. The lowest BCUT2D eigenvalue weighted by Crippen LogP contribution is -2.30. The highest BCUT2D eigenvalue weighted by molar-refractivity contribution is 5.11. The van der Waals surface area contributed by atoms with Crippen molar-refractivity contribution in [2.75, 3.05) is 26.2 Å². The minimum atomic E-state index is 0.938. The Bertz CT molecular complexity index is 702. The Kier molecular flexibility index (Phi) is 5.13. The molecule has 134 valence electrons. The first-order valence-corrected chi connectivity index (χ1v) is 9.68. The van der Waals surface area contributed by atoms with Crippen LogP contribution in [0.1, 0.15) is 42.2 Å². The normalized spacial score (nSPS) is 19.6. The zero-order valence-corrected chi connectivity index (χ0v) is 15.3. The number of hydrogen-bond donors (Lipinski definition) is 0. The molecule has 1 fully saturated rings. The van der Waals surface area contributed by atoms with Crippen LogP contribution in [0.4, 0.5) is 0 Å². The smallest absolute Gasteiger partial charge is 0.110 e.